The van der Waals surface area contributed by atoms with Crippen molar-refractivity contribution in [3.63, 3.8) is 0 Å². The third kappa shape index (κ3) is 3.88. The molecule has 0 amide bonds. The molecule has 0 saturated heterocycles. The minimum Gasteiger partial charge on any atom is -0.309 e. The minimum absolute atomic E-state index is 1.18. The molecule has 0 unspecified atom stereocenters. The van der Waals surface area contributed by atoms with Crippen LogP contribution in [0.1, 0.15) is 0 Å². The zero-order valence-corrected chi connectivity index (χ0v) is 29.5. The Balaban J connectivity index is 1.15. The van der Waals surface area contributed by atoms with Crippen LogP contribution in [0, 0.1) is 0 Å². The third-order valence-corrected chi connectivity index (χ3v) is 13.2. The van der Waals surface area contributed by atoms with E-state index in [0.29, 0.717) is 0 Å². The number of fused-ring (bicyclic) bond motifs is 14. The van der Waals surface area contributed by atoms with Crippen molar-refractivity contribution in [2.45, 2.75) is 0 Å². The predicted molar refractivity (Wildman–Crippen MR) is 226 cm³/mol. The van der Waals surface area contributed by atoms with E-state index in [1.165, 1.54) is 106 Å². The minimum atomic E-state index is 1.18. The van der Waals surface area contributed by atoms with Crippen molar-refractivity contribution in [3.05, 3.63) is 170 Å². The van der Waals surface area contributed by atoms with Gasteiger partial charge in [0.05, 0.1) is 22.1 Å². The Hall–Kier alpha value is -6.20. The molecular weight excluding hydrogens is 669 g/mol. The van der Waals surface area contributed by atoms with E-state index in [2.05, 4.69) is 179 Å². The maximum absolute atomic E-state index is 2.48. The van der Waals surface area contributed by atoms with Gasteiger partial charge in [0.1, 0.15) is 0 Å². The van der Waals surface area contributed by atoms with Gasteiger partial charge < -0.3 is 9.13 Å². The van der Waals surface area contributed by atoms with Crippen LogP contribution in [0.25, 0.3) is 106 Å². The van der Waals surface area contributed by atoms with Gasteiger partial charge in [-0.3, -0.25) is 0 Å². The Morgan fingerprint density at radius 2 is 0.731 bits per heavy atom. The van der Waals surface area contributed by atoms with Gasteiger partial charge in [-0.05, 0) is 83.9 Å². The first-order valence-electron chi connectivity index (χ1n) is 17.7. The van der Waals surface area contributed by atoms with Crippen molar-refractivity contribution in [2.24, 2.45) is 0 Å². The number of hydrogen-bond donors (Lipinski definition) is 0. The molecule has 0 saturated carbocycles. The summed E-state index contributed by atoms with van der Waals surface area (Å²) in [7, 11) is 0. The lowest BCUT2D eigenvalue weighted by Crippen LogP contribution is -1.94. The molecule has 0 aliphatic carbocycles. The summed E-state index contributed by atoms with van der Waals surface area (Å²) in [5.41, 5.74) is 9.81. The Bertz CT molecular complexity index is 3170. The van der Waals surface area contributed by atoms with Crippen molar-refractivity contribution in [2.75, 3.05) is 0 Å². The molecule has 4 heteroatoms. The molecule has 242 valence electrons. The number of aromatic nitrogens is 2. The van der Waals surface area contributed by atoms with Crippen molar-refractivity contribution in [3.8, 4) is 22.5 Å². The molecule has 8 aromatic carbocycles. The van der Waals surface area contributed by atoms with Gasteiger partial charge in [0, 0.05) is 73.3 Å². The number of hydrogen-bond acceptors (Lipinski definition) is 2. The van der Waals surface area contributed by atoms with Crippen molar-refractivity contribution >= 4 is 107 Å². The highest BCUT2D eigenvalue weighted by molar-refractivity contribution is 7.26. The molecule has 0 bridgehead atoms. The quantitative estimate of drug-likeness (QED) is 0.174. The first kappa shape index (κ1) is 28.5. The zero-order chi connectivity index (χ0) is 33.9. The molecule has 12 aromatic rings. The van der Waals surface area contributed by atoms with E-state index in [1.807, 2.05) is 22.7 Å². The summed E-state index contributed by atoms with van der Waals surface area (Å²) in [6.45, 7) is 0. The maximum Gasteiger partial charge on any atom is 0.0634 e. The average Bonchev–Trinajstić information content (AvgIpc) is 3.95. The van der Waals surface area contributed by atoms with Crippen LogP contribution in [0.4, 0.5) is 0 Å². The smallest absolute Gasteiger partial charge is 0.0634 e. The summed E-state index contributed by atoms with van der Waals surface area (Å²) < 4.78 is 10.2. The lowest BCUT2D eigenvalue weighted by atomic mass is 10.00. The van der Waals surface area contributed by atoms with E-state index in [9.17, 15) is 0 Å². The fourth-order valence-corrected chi connectivity index (χ4v) is 10.9. The van der Waals surface area contributed by atoms with E-state index < -0.39 is 0 Å². The van der Waals surface area contributed by atoms with Crippen LogP contribution in [-0.4, -0.2) is 9.13 Å². The largest absolute Gasteiger partial charge is 0.309 e. The Kier molecular flexibility index (Phi) is 5.84. The number of rotatable bonds is 3. The number of nitrogens with zero attached hydrogens (tertiary/aromatic N) is 2. The summed E-state index contributed by atoms with van der Waals surface area (Å²) in [5.74, 6) is 0. The number of para-hydroxylation sites is 2. The summed E-state index contributed by atoms with van der Waals surface area (Å²) in [6.07, 6.45) is 0. The average molecular weight is 697 g/mol. The van der Waals surface area contributed by atoms with Gasteiger partial charge in [-0.2, -0.15) is 0 Å². The number of thiophene rings is 2. The molecule has 52 heavy (non-hydrogen) atoms. The van der Waals surface area contributed by atoms with Gasteiger partial charge >= 0.3 is 0 Å². The van der Waals surface area contributed by atoms with Gasteiger partial charge in [-0.1, -0.05) is 97.1 Å². The molecule has 2 nitrogen and oxygen atoms in total. The fourth-order valence-electron chi connectivity index (χ4n) is 8.68. The van der Waals surface area contributed by atoms with Crippen LogP contribution in [0.3, 0.4) is 0 Å². The van der Waals surface area contributed by atoms with Crippen molar-refractivity contribution in [1.29, 1.82) is 0 Å². The monoisotopic (exact) mass is 696 g/mol. The molecule has 0 spiro atoms. The molecule has 0 N–H and O–H groups in total. The first-order chi connectivity index (χ1) is 25.8. The summed E-state index contributed by atoms with van der Waals surface area (Å²) >= 11 is 3.76. The number of benzene rings is 8. The molecule has 0 aliphatic rings. The van der Waals surface area contributed by atoms with Gasteiger partial charge in [0.25, 0.3) is 0 Å². The topological polar surface area (TPSA) is 9.86 Å². The summed E-state index contributed by atoms with van der Waals surface area (Å²) in [4.78, 5) is 0. The molecular formula is C48H28N2S2. The molecule has 0 aliphatic heterocycles. The van der Waals surface area contributed by atoms with E-state index in [-0.39, 0.29) is 0 Å². The Labute approximate surface area is 306 Å². The molecule has 4 heterocycles. The van der Waals surface area contributed by atoms with Gasteiger partial charge in [-0.25, -0.2) is 0 Å². The summed E-state index contributed by atoms with van der Waals surface area (Å²) in [6, 6.07) is 62.8. The Morgan fingerprint density at radius 3 is 1.19 bits per heavy atom. The summed E-state index contributed by atoms with van der Waals surface area (Å²) in [5, 5.41) is 10.4. The van der Waals surface area contributed by atoms with E-state index in [0.717, 1.165) is 0 Å². The van der Waals surface area contributed by atoms with Crippen LogP contribution in [0.5, 0.6) is 0 Å². The van der Waals surface area contributed by atoms with Crippen molar-refractivity contribution < 1.29 is 0 Å². The van der Waals surface area contributed by atoms with Crippen LogP contribution < -0.4 is 0 Å². The molecule has 0 radical (unpaired) electrons. The highest BCUT2D eigenvalue weighted by Gasteiger charge is 2.21. The van der Waals surface area contributed by atoms with Crippen LogP contribution in [-0.2, 0) is 0 Å². The SMILES string of the molecule is c1ccc(-n2c3ccc(-c4ccc5c(c4)c4ccc6sc7ccccc7c6c4n5-c4ccccc4)cc3c3ccc4sc5ccccc5c4c32)cc1. The maximum atomic E-state index is 2.48. The third-order valence-electron chi connectivity index (χ3n) is 10.9. The van der Waals surface area contributed by atoms with Crippen LogP contribution in [0.2, 0.25) is 0 Å². The van der Waals surface area contributed by atoms with E-state index in [4.69, 9.17) is 0 Å². The zero-order valence-electron chi connectivity index (χ0n) is 27.9. The van der Waals surface area contributed by atoms with Crippen LogP contribution in [0.15, 0.2) is 170 Å². The van der Waals surface area contributed by atoms with E-state index >= 15 is 0 Å². The molecule has 12 rings (SSSR count). The normalized spacial score (nSPS) is 12.2. The lowest BCUT2D eigenvalue weighted by molar-refractivity contribution is 1.19. The molecule has 0 atom stereocenters. The molecule has 4 aromatic heterocycles. The second-order valence-corrected chi connectivity index (χ2v) is 15.8. The predicted octanol–water partition coefficient (Wildman–Crippen LogP) is 14.3. The second-order valence-electron chi connectivity index (χ2n) is 13.7. The standard InChI is InChI=1S/C48H28N2S2/c1-3-11-31(12-4-1)49-39-23-19-29(27-37(39)33-21-25-43-45(47(33)49)35-15-7-9-17-41(35)51-43)30-20-24-40-38(28-30)34-22-26-44-46(36-16-8-10-18-42(36)52-44)48(34)50(40)32-13-5-2-6-14-32/h1-28H. The second kappa shape index (κ2) is 10.7. The van der Waals surface area contributed by atoms with Gasteiger partial charge in [0.15, 0.2) is 0 Å². The van der Waals surface area contributed by atoms with Crippen LogP contribution >= 0.6 is 22.7 Å². The van der Waals surface area contributed by atoms with Crippen molar-refractivity contribution in [1.82, 2.24) is 9.13 Å². The van der Waals surface area contributed by atoms with E-state index in [1.54, 1.807) is 0 Å². The fraction of sp³-hybridized carbons (Fsp3) is 0. The van der Waals surface area contributed by atoms with Gasteiger partial charge in [0.2, 0.25) is 0 Å². The highest BCUT2D eigenvalue weighted by atomic mass is 32.1. The lowest BCUT2D eigenvalue weighted by Gasteiger charge is -2.10. The Morgan fingerprint density at radius 1 is 0.308 bits per heavy atom. The first-order valence-corrected chi connectivity index (χ1v) is 19.3. The van der Waals surface area contributed by atoms with Gasteiger partial charge in [-0.15, -0.1) is 22.7 Å². The molecule has 0 fully saturated rings. The highest BCUT2D eigenvalue weighted by Crippen LogP contribution is 2.46.